The molecular weight excluding hydrogens is 344 g/mol. The number of carbonyl (C=O) groups is 2. The number of amides is 1. The van der Waals surface area contributed by atoms with Gasteiger partial charge in [-0.2, -0.15) is 5.26 Å². The van der Waals surface area contributed by atoms with E-state index in [1.807, 2.05) is 37.3 Å². The molecular formula is C21H20N2O4. The summed E-state index contributed by atoms with van der Waals surface area (Å²) in [6, 6.07) is 15.6. The Labute approximate surface area is 158 Å². The minimum atomic E-state index is -0.960. The van der Waals surface area contributed by atoms with Crippen molar-refractivity contribution in [2.24, 2.45) is 0 Å². The van der Waals surface area contributed by atoms with Crippen molar-refractivity contribution >= 4 is 23.6 Å². The summed E-state index contributed by atoms with van der Waals surface area (Å²) < 4.78 is 10.4. The zero-order valence-electron chi connectivity index (χ0n) is 15.1. The summed E-state index contributed by atoms with van der Waals surface area (Å²) in [6.07, 6.45) is 1.91. The lowest BCUT2D eigenvalue weighted by atomic mass is 10.2. The van der Waals surface area contributed by atoms with Gasteiger partial charge < -0.3 is 14.8 Å². The molecule has 27 heavy (non-hydrogen) atoms. The molecule has 0 aliphatic rings. The number of anilines is 1. The Morgan fingerprint density at radius 3 is 2.41 bits per heavy atom. The molecule has 6 nitrogen and oxygen atoms in total. The topological polar surface area (TPSA) is 88.4 Å². The fourth-order valence-electron chi connectivity index (χ4n) is 2.15. The summed E-state index contributed by atoms with van der Waals surface area (Å²) in [4.78, 5) is 24.0. The van der Waals surface area contributed by atoms with Crippen LogP contribution in [0.15, 0.2) is 54.6 Å². The van der Waals surface area contributed by atoms with Crippen molar-refractivity contribution in [3.05, 3.63) is 65.7 Å². The average molecular weight is 364 g/mol. The van der Waals surface area contributed by atoms with E-state index in [1.54, 1.807) is 30.3 Å². The molecule has 0 saturated carbocycles. The van der Waals surface area contributed by atoms with Gasteiger partial charge in [0.05, 0.1) is 18.2 Å². The van der Waals surface area contributed by atoms with Crippen molar-refractivity contribution in [1.29, 1.82) is 5.26 Å². The molecule has 2 rings (SSSR count). The summed E-state index contributed by atoms with van der Waals surface area (Å²) in [7, 11) is 0. The van der Waals surface area contributed by atoms with Gasteiger partial charge in [-0.3, -0.25) is 4.79 Å². The third-order valence-electron chi connectivity index (χ3n) is 3.55. The first-order chi connectivity index (χ1) is 13.0. The molecule has 0 aliphatic heterocycles. The van der Waals surface area contributed by atoms with E-state index in [-0.39, 0.29) is 0 Å². The predicted molar refractivity (Wildman–Crippen MR) is 102 cm³/mol. The van der Waals surface area contributed by atoms with Crippen LogP contribution in [-0.4, -0.2) is 24.6 Å². The molecule has 0 spiro atoms. The highest BCUT2D eigenvalue weighted by Crippen LogP contribution is 2.13. The van der Waals surface area contributed by atoms with Gasteiger partial charge in [-0.05, 0) is 61.9 Å². The fourth-order valence-corrected chi connectivity index (χ4v) is 2.15. The molecule has 0 unspecified atom stereocenters. The molecule has 0 bridgehead atoms. The van der Waals surface area contributed by atoms with Crippen LogP contribution in [0.25, 0.3) is 6.08 Å². The van der Waals surface area contributed by atoms with Gasteiger partial charge >= 0.3 is 5.97 Å². The van der Waals surface area contributed by atoms with Crippen LogP contribution in [0.1, 0.15) is 25.0 Å². The zero-order valence-corrected chi connectivity index (χ0v) is 15.1. The highest BCUT2D eigenvalue weighted by atomic mass is 16.5. The summed E-state index contributed by atoms with van der Waals surface area (Å²) >= 11 is 0. The van der Waals surface area contributed by atoms with Crippen LogP contribution in [-0.2, 0) is 14.3 Å². The Kier molecular flexibility index (Phi) is 7.15. The van der Waals surface area contributed by atoms with E-state index < -0.39 is 18.0 Å². The molecule has 1 N–H and O–H groups in total. The van der Waals surface area contributed by atoms with Gasteiger partial charge in [0.25, 0.3) is 5.91 Å². The lowest BCUT2D eigenvalue weighted by Gasteiger charge is -2.12. The summed E-state index contributed by atoms with van der Waals surface area (Å²) in [5, 5.41) is 11.4. The second kappa shape index (κ2) is 9.78. The van der Waals surface area contributed by atoms with E-state index in [1.165, 1.54) is 13.0 Å². The zero-order chi connectivity index (χ0) is 19.6. The van der Waals surface area contributed by atoms with Crippen molar-refractivity contribution in [2.75, 3.05) is 11.9 Å². The maximum absolute atomic E-state index is 12.1. The van der Waals surface area contributed by atoms with Gasteiger partial charge in [0.2, 0.25) is 0 Å². The molecule has 2 aromatic rings. The van der Waals surface area contributed by atoms with Crippen LogP contribution in [0, 0.1) is 11.3 Å². The molecule has 6 heteroatoms. The molecule has 0 radical (unpaired) electrons. The largest absolute Gasteiger partial charge is 0.494 e. The SMILES string of the molecule is CCOc1ccc(/C=C/C(=O)O[C@H](C)C(=O)Nc2ccc(C#N)cc2)cc1. The quantitative estimate of drug-likeness (QED) is 0.600. The first-order valence-electron chi connectivity index (χ1n) is 8.44. The lowest BCUT2D eigenvalue weighted by Crippen LogP contribution is -2.29. The second-order valence-electron chi connectivity index (χ2n) is 5.59. The fraction of sp³-hybridized carbons (Fsp3) is 0.190. The third-order valence-corrected chi connectivity index (χ3v) is 3.55. The number of benzene rings is 2. The van der Waals surface area contributed by atoms with Gasteiger partial charge in [-0.25, -0.2) is 4.79 Å². The number of nitriles is 1. The summed E-state index contributed by atoms with van der Waals surface area (Å²) in [5.74, 6) is -0.320. The number of nitrogens with zero attached hydrogens (tertiary/aromatic N) is 1. The second-order valence-corrected chi connectivity index (χ2v) is 5.59. The average Bonchev–Trinajstić information content (AvgIpc) is 2.68. The Hall–Kier alpha value is -3.59. The van der Waals surface area contributed by atoms with E-state index in [4.69, 9.17) is 14.7 Å². The number of hydrogen-bond acceptors (Lipinski definition) is 5. The highest BCUT2D eigenvalue weighted by Gasteiger charge is 2.16. The smallest absolute Gasteiger partial charge is 0.331 e. The Morgan fingerprint density at radius 2 is 1.81 bits per heavy atom. The maximum Gasteiger partial charge on any atom is 0.331 e. The van der Waals surface area contributed by atoms with Crippen LogP contribution in [0.3, 0.4) is 0 Å². The lowest BCUT2D eigenvalue weighted by molar-refractivity contribution is -0.148. The first kappa shape index (κ1) is 19.7. The van der Waals surface area contributed by atoms with Crippen molar-refractivity contribution in [2.45, 2.75) is 20.0 Å². The van der Waals surface area contributed by atoms with Gasteiger partial charge in [0.1, 0.15) is 5.75 Å². The van der Waals surface area contributed by atoms with Crippen LogP contribution < -0.4 is 10.1 Å². The number of esters is 1. The minimum Gasteiger partial charge on any atom is -0.494 e. The van der Waals surface area contributed by atoms with Crippen LogP contribution in [0.4, 0.5) is 5.69 Å². The Balaban J connectivity index is 1.86. The molecule has 0 aromatic heterocycles. The van der Waals surface area contributed by atoms with Crippen molar-refractivity contribution in [1.82, 2.24) is 0 Å². The molecule has 0 fully saturated rings. The Morgan fingerprint density at radius 1 is 1.15 bits per heavy atom. The number of rotatable bonds is 7. The number of hydrogen-bond donors (Lipinski definition) is 1. The normalized spacial score (nSPS) is 11.4. The number of ether oxygens (including phenoxy) is 2. The maximum atomic E-state index is 12.1. The molecule has 1 amide bonds. The van der Waals surface area contributed by atoms with E-state index in [9.17, 15) is 9.59 Å². The van der Waals surface area contributed by atoms with Crippen molar-refractivity contribution in [3.8, 4) is 11.8 Å². The number of nitrogens with one attached hydrogen (secondary N) is 1. The van der Waals surface area contributed by atoms with E-state index in [2.05, 4.69) is 5.32 Å². The van der Waals surface area contributed by atoms with Crippen LogP contribution >= 0.6 is 0 Å². The molecule has 0 heterocycles. The monoisotopic (exact) mass is 364 g/mol. The summed E-state index contributed by atoms with van der Waals surface area (Å²) in [6.45, 7) is 3.98. The van der Waals surface area contributed by atoms with Crippen LogP contribution in [0.5, 0.6) is 5.75 Å². The van der Waals surface area contributed by atoms with Gasteiger partial charge in [0, 0.05) is 11.8 Å². The molecule has 2 aromatic carbocycles. The molecule has 0 saturated heterocycles. The molecule has 138 valence electrons. The van der Waals surface area contributed by atoms with Gasteiger partial charge in [-0.15, -0.1) is 0 Å². The van der Waals surface area contributed by atoms with Crippen molar-refractivity contribution in [3.63, 3.8) is 0 Å². The molecule has 1 atom stereocenters. The molecule has 0 aliphatic carbocycles. The number of carbonyl (C=O) groups excluding carboxylic acids is 2. The first-order valence-corrected chi connectivity index (χ1v) is 8.44. The van der Waals surface area contributed by atoms with E-state index in [0.717, 1.165) is 11.3 Å². The predicted octanol–water partition coefficient (Wildman–Crippen LogP) is 3.54. The third kappa shape index (κ3) is 6.33. The van der Waals surface area contributed by atoms with E-state index >= 15 is 0 Å². The van der Waals surface area contributed by atoms with E-state index in [0.29, 0.717) is 17.9 Å². The van der Waals surface area contributed by atoms with Gasteiger partial charge in [-0.1, -0.05) is 12.1 Å². The highest BCUT2D eigenvalue weighted by molar-refractivity contribution is 5.96. The minimum absolute atomic E-state index is 0.456. The summed E-state index contributed by atoms with van der Waals surface area (Å²) in [5.41, 5.74) is 1.82. The van der Waals surface area contributed by atoms with Gasteiger partial charge in [0.15, 0.2) is 6.10 Å². The Bertz CT molecular complexity index is 849. The van der Waals surface area contributed by atoms with Crippen molar-refractivity contribution < 1.29 is 19.1 Å². The standard InChI is InChI=1S/C21H20N2O4/c1-3-26-19-11-6-16(7-12-19)8-13-20(24)27-15(2)21(25)23-18-9-4-17(14-22)5-10-18/h4-13,15H,3H2,1-2H3,(H,23,25)/b13-8+/t15-/m1/s1. The van der Waals surface area contributed by atoms with Crippen LogP contribution in [0.2, 0.25) is 0 Å².